The summed E-state index contributed by atoms with van der Waals surface area (Å²) in [5.41, 5.74) is 3.23. The Hall–Kier alpha value is -2.90. The summed E-state index contributed by atoms with van der Waals surface area (Å²) < 4.78 is 0. The van der Waals surface area contributed by atoms with Crippen molar-refractivity contribution in [2.45, 2.75) is 25.8 Å². The minimum absolute atomic E-state index is 0.0726. The van der Waals surface area contributed by atoms with Crippen LogP contribution in [0.4, 0.5) is 10.5 Å². The van der Waals surface area contributed by atoms with E-state index in [1.165, 1.54) is 11.3 Å². The van der Waals surface area contributed by atoms with Crippen LogP contribution in [-0.4, -0.2) is 34.9 Å². The molecule has 3 aromatic rings. The Balaban J connectivity index is 1.30. The van der Waals surface area contributed by atoms with Crippen LogP contribution >= 0.6 is 22.9 Å². The molecule has 1 fully saturated rings. The van der Waals surface area contributed by atoms with Crippen LogP contribution in [0.5, 0.6) is 0 Å². The third-order valence-electron chi connectivity index (χ3n) is 5.06. The molecule has 0 spiro atoms. The van der Waals surface area contributed by atoms with Crippen LogP contribution in [-0.2, 0) is 17.8 Å². The van der Waals surface area contributed by atoms with E-state index in [1.807, 2.05) is 58.8 Å². The van der Waals surface area contributed by atoms with E-state index >= 15 is 0 Å². The number of anilines is 1. The zero-order valence-corrected chi connectivity index (χ0v) is 18.5. The van der Waals surface area contributed by atoms with Gasteiger partial charge in [-0.25, -0.2) is 9.78 Å². The molecule has 2 aromatic carbocycles. The average Bonchev–Trinajstić information content (AvgIpc) is 3.45. The average molecular weight is 455 g/mol. The van der Waals surface area contributed by atoms with Gasteiger partial charge >= 0.3 is 6.03 Å². The van der Waals surface area contributed by atoms with Crippen molar-refractivity contribution >= 4 is 40.6 Å². The highest BCUT2D eigenvalue weighted by atomic mass is 35.5. The first-order valence-corrected chi connectivity index (χ1v) is 11.4. The molecule has 2 heterocycles. The number of benzene rings is 2. The molecule has 0 saturated carbocycles. The Labute approximate surface area is 190 Å². The quantitative estimate of drug-likeness (QED) is 0.553. The van der Waals surface area contributed by atoms with Crippen LogP contribution in [0.1, 0.15) is 24.1 Å². The molecule has 2 N–H and O–H groups in total. The zero-order chi connectivity index (χ0) is 21.6. The largest absolute Gasteiger partial charge is 0.352 e. The molecule has 4 rings (SSSR count). The highest BCUT2D eigenvalue weighted by Gasteiger charge is 2.17. The molecule has 0 atom stereocenters. The van der Waals surface area contributed by atoms with E-state index in [1.54, 1.807) is 0 Å². The molecule has 1 aliphatic heterocycles. The summed E-state index contributed by atoms with van der Waals surface area (Å²) in [7, 11) is 0. The van der Waals surface area contributed by atoms with E-state index in [9.17, 15) is 9.59 Å². The first-order valence-electron chi connectivity index (χ1n) is 10.2. The maximum atomic E-state index is 12.4. The molecule has 0 radical (unpaired) electrons. The molecular weight excluding hydrogens is 432 g/mol. The summed E-state index contributed by atoms with van der Waals surface area (Å²) in [6.45, 7) is 1.99. The fourth-order valence-electron chi connectivity index (χ4n) is 3.46. The number of nitrogens with zero attached hydrogens (tertiary/aromatic N) is 2. The van der Waals surface area contributed by atoms with Gasteiger partial charge in [0.15, 0.2) is 0 Å². The van der Waals surface area contributed by atoms with Gasteiger partial charge in [0.25, 0.3) is 0 Å². The normalized spacial score (nSPS) is 13.3. The van der Waals surface area contributed by atoms with E-state index in [0.717, 1.165) is 47.8 Å². The van der Waals surface area contributed by atoms with Crippen molar-refractivity contribution < 1.29 is 9.59 Å². The maximum Gasteiger partial charge on any atom is 0.321 e. The van der Waals surface area contributed by atoms with Crippen molar-refractivity contribution in [2.75, 3.05) is 18.4 Å². The first kappa shape index (κ1) is 21.3. The summed E-state index contributed by atoms with van der Waals surface area (Å²) in [5.74, 6) is -0.109. The summed E-state index contributed by atoms with van der Waals surface area (Å²) in [5, 5.41) is 9.18. The van der Waals surface area contributed by atoms with Crippen LogP contribution in [0.25, 0.3) is 10.6 Å². The molecule has 0 bridgehead atoms. The third kappa shape index (κ3) is 5.62. The lowest BCUT2D eigenvalue weighted by molar-refractivity contribution is -0.120. The minimum atomic E-state index is -0.109. The van der Waals surface area contributed by atoms with Crippen molar-refractivity contribution in [3.8, 4) is 10.6 Å². The van der Waals surface area contributed by atoms with Crippen molar-refractivity contribution in [2.24, 2.45) is 0 Å². The van der Waals surface area contributed by atoms with Crippen molar-refractivity contribution in [3.63, 3.8) is 0 Å². The lowest BCUT2D eigenvalue weighted by Crippen LogP contribution is -2.32. The monoisotopic (exact) mass is 454 g/mol. The molecule has 3 amide bonds. The number of urea groups is 1. The van der Waals surface area contributed by atoms with Gasteiger partial charge in [0, 0.05) is 36.3 Å². The van der Waals surface area contributed by atoms with Gasteiger partial charge in [-0.15, -0.1) is 11.3 Å². The van der Waals surface area contributed by atoms with Gasteiger partial charge in [-0.1, -0.05) is 41.9 Å². The molecule has 1 aromatic heterocycles. The van der Waals surface area contributed by atoms with E-state index < -0.39 is 0 Å². The van der Waals surface area contributed by atoms with Crippen molar-refractivity contribution in [3.05, 3.63) is 70.2 Å². The predicted octanol–water partition coefficient (Wildman–Crippen LogP) is 4.95. The number of amides is 3. The molecule has 0 aliphatic carbocycles. The number of carbonyl (C=O) groups is 2. The Morgan fingerprint density at radius 1 is 1.10 bits per heavy atom. The number of nitrogens with one attached hydrogen (secondary N) is 2. The van der Waals surface area contributed by atoms with Crippen molar-refractivity contribution in [1.29, 1.82) is 0 Å². The lowest BCUT2D eigenvalue weighted by atomic mass is 10.2. The second-order valence-electron chi connectivity index (χ2n) is 7.40. The van der Waals surface area contributed by atoms with Crippen LogP contribution in [0.2, 0.25) is 5.02 Å². The Morgan fingerprint density at radius 3 is 2.71 bits per heavy atom. The highest BCUT2D eigenvalue weighted by Crippen LogP contribution is 2.30. The summed E-state index contributed by atoms with van der Waals surface area (Å²) in [6, 6.07) is 15.0. The van der Waals surface area contributed by atoms with Gasteiger partial charge in [0.05, 0.1) is 17.1 Å². The molecule has 6 nitrogen and oxygen atoms in total. The summed E-state index contributed by atoms with van der Waals surface area (Å²) >= 11 is 7.70. The molecule has 160 valence electrons. The summed E-state index contributed by atoms with van der Waals surface area (Å²) in [4.78, 5) is 31.0. The number of rotatable bonds is 6. The number of hydrogen-bond donors (Lipinski definition) is 2. The molecule has 8 heteroatoms. The van der Waals surface area contributed by atoms with Gasteiger partial charge in [0.1, 0.15) is 5.01 Å². The van der Waals surface area contributed by atoms with Crippen LogP contribution < -0.4 is 10.6 Å². The smallest absolute Gasteiger partial charge is 0.321 e. The van der Waals surface area contributed by atoms with Gasteiger partial charge in [-0.05, 0) is 36.6 Å². The standard InChI is InChI=1S/C23H23ClN4O2S/c24-20-9-2-1-8-19(20)22-26-18(15-31-22)13-21(29)25-14-16-6-5-7-17(12-16)27-23(30)28-10-3-4-11-28/h1-2,5-9,12,15H,3-4,10-11,13-14H2,(H,25,29)(H,27,30). The number of likely N-dealkylation sites (tertiary alicyclic amines) is 1. The third-order valence-corrected chi connectivity index (χ3v) is 6.31. The van der Waals surface area contributed by atoms with Gasteiger partial charge in [-0.2, -0.15) is 0 Å². The minimum Gasteiger partial charge on any atom is -0.352 e. The predicted molar refractivity (Wildman–Crippen MR) is 124 cm³/mol. The lowest BCUT2D eigenvalue weighted by Gasteiger charge is -2.16. The molecule has 1 saturated heterocycles. The molecule has 1 aliphatic rings. The topological polar surface area (TPSA) is 74.3 Å². The van der Waals surface area contributed by atoms with Crippen LogP contribution in [0.15, 0.2) is 53.9 Å². The van der Waals surface area contributed by atoms with E-state index in [-0.39, 0.29) is 18.4 Å². The number of halogens is 1. The van der Waals surface area contributed by atoms with Crippen LogP contribution in [0.3, 0.4) is 0 Å². The Morgan fingerprint density at radius 2 is 1.90 bits per heavy atom. The number of aromatic nitrogens is 1. The number of hydrogen-bond acceptors (Lipinski definition) is 4. The highest BCUT2D eigenvalue weighted by molar-refractivity contribution is 7.13. The fourth-order valence-corrected chi connectivity index (χ4v) is 4.60. The fraction of sp³-hybridized carbons (Fsp3) is 0.261. The number of carbonyl (C=O) groups excluding carboxylic acids is 2. The number of thiazole rings is 1. The van der Waals surface area contributed by atoms with Gasteiger partial charge in [-0.3, -0.25) is 4.79 Å². The Bertz CT molecular complexity index is 1080. The van der Waals surface area contributed by atoms with E-state index in [4.69, 9.17) is 11.6 Å². The SMILES string of the molecule is O=C(Cc1csc(-c2ccccc2Cl)n1)NCc1cccc(NC(=O)N2CCCC2)c1. The van der Waals surface area contributed by atoms with E-state index in [2.05, 4.69) is 15.6 Å². The van der Waals surface area contributed by atoms with E-state index in [0.29, 0.717) is 17.3 Å². The molecule has 31 heavy (non-hydrogen) atoms. The zero-order valence-electron chi connectivity index (χ0n) is 16.9. The maximum absolute atomic E-state index is 12.4. The van der Waals surface area contributed by atoms with Crippen LogP contribution in [0, 0.1) is 0 Å². The van der Waals surface area contributed by atoms with Gasteiger partial charge < -0.3 is 15.5 Å². The second kappa shape index (κ2) is 9.94. The first-order chi connectivity index (χ1) is 15.1. The van der Waals surface area contributed by atoms with Gasteiger partial charge in [0.2, 0.25) is 5.91 Å². The second-order valence-corrected chi connectivity index (χ2v) is 8.67. The van der Waals surface area contributed by atoms with Crippen molar-refractivity contribution in [1.82, 2.24) is 15.2 Å². The summed E-state index contributed by atoms with van der Waals surface area (Å²) in [6.07, 6.45) is 2.31. The molecular formula is C23H23ClN4O2S. The molecule has 0 unspecified atom stereocenters. The Kier molecular flexibility index (Phi) is 6.84.